The van der Waals surface area contributed by atoms with E-state index in [0.29, 0.717) is 22.6 Å². The molecule has 6 aromatic rings. The molecule has 7 N–H and O–H groups in total. The summed E-state index contributed by atoms with van der Waals surface area (Å²) in [6, 6.07) is 15.2. The van der Waals surface area contributed by atoms with Gasteiger partial charge in [-0.25, -0.2) is 61.5 Å². The second-order valence-corrected chi connectivity index (χ2v) is 15.7. The van der Waals surface area contributed by atoms with Crippen LogP contribution in [0.1, 0.15) is 37.7 Å². The Kier molecular flexibility index (Phi) is 12.9. The number of aromatic nitrogens is 8. The van der Waals surface area contributed by atoms with E-state index in [-0.39, 0.29) is 45.5 Å². The number of rotatable bonds is 8. The van der Waals surface area contributed by atoms with Crippen molar-refractivity contribution in [2.45, 2.75) is 30.6 Å². The lowest BCUT2D eigenvalue weighted by Crippen LogP contribution is -2.12. The molecule has 2 aromatic carbocycles. The fourth-order valence-corrected chi connectivity index (χ4v) is 5.28. The quantitative estimate of drug-likeness (QED) is 0.127. The molecule has 0 radical (unpaired) electrons. The minimum Gasteiger partial charge on any atom is -0.476 e. The van der Waals surface area contributed by atoms with Crippen LogP contribution < -0.4 is 17.2 Å². The van der Waals surface area contributed by atoms with Crippen molar-refractivity contribution in [1.82, 2.24) is 39.9 Å². The van der Waals surface area contributed by atoms with Crippen LogP contribution in [0, 0.1) is 13.8 Å². The highest BCUT2D eigenvalue weighted by Gasteiger charge is 2.17. The number of carbonyl (C=O) groups is 2. The van der Waals surface area contributed by atoms with Crippen LogP contribution in [0.4, 0.5) is 17.3 Å². The third-order valence-electron chi connectivity index (χ3n) is 7.12. The van der Waals surface area contributed by atoms with Crippen molar-refractivity contribution in [2.75, 3.05) is 29.7 Å². The summed E-state index contributed by atoms with van der Waals surface area (Å²) in [7, 11) is -6.79. The van der Waals surface area contributed by atoms with E-state index in [1.54, 1.807) is 0 Å². The SMILES string of the molecule is CS(=O)(=O)c1ncc(N)cn1.Cc1ccc(-c2cnc(N)c(C(=O)Cc3cnc(S(C)(=O)=O)nc3)n2)cc1.Cc1ccc(-c2cnc(N)c(C(=O)O)n2)cc1. The van der Waals surface area contributed by atoms with Crippen molar-refractivity contribution in [2.24, 2.45) is 0 Å². The molecule has 0 spiro atoms. The van der Waals surface area contributed by atoms with Crippen LogP contribution >= 0.6 is 0 Å². The number of aromatic carboxylic acids is 1. The van der Waals surface area contributed by atoms with E-state index < -0.39 is 25.6 Å². The fraction of sp³-hybridized carbons (Fsp3) is 0.143. The highest BCUT2D eigenvalue weighted by Crippen LogP contribution is 2.21. The molecule has 4 heterocycles. The second kappa shape index (κ2) is 17.4. The highest BCUT2D eigenvalue weighted by molar-refractivity contribution is 7.90. The maximum Gasteiger partial charge on any atom is 0.358 e. The molecule has 20 heteroatoms. The van der Waals surface area contributed by atoms with Crippen molar-refractivity contribution in [3.8, 4) is 22.5 Å². The van der Waals surface area contributed by atoms with Crippen LogP contribution in [0.3, 0.4) is 0 Å². The number of carboxylic acid groups (broad SMARTS) is 1. The van der Waals surface area contributed by atoms with Gasteiger partial charge in [0.05, 0.1) is 41.9 Å². The lowest BCUT2D eigenvalue weighted by molar-refractivity contribution is 0.0691. The molecular formula is C35H35N11O7S2. The number of ketones is 1. The monoisotopic (exact) mass is 785 g/mol. The molecule has 0 saturated carbocycles. The van der Waals surface area contributed by atoms with Gasteiger partial charge >= 0.3 is 5.97 Å². The van der Waals surface area contributed by atoms with E-state index in [4.69, 9.17) is 22.3 Å². The molecule has 18 nitrogen and oxygen atoms in total. The number of hydrogen-bond acceptors (Lipinski definition) is 17. The number of anilines is 3. The van der Waals surface area contributed by atoms with Gasteiger partial charge in [-0.15, -0.1) is 0 Å². The van der Waals surface area contributed by atoms with Gasteiger partial charge in [0.25, 0.3) is 0 Å². The van der Waals surface area contributed by atoms with E-state index in [1.807, 2.05) is 62.4 Å². The van der Waals surface area contributed by atoms with Gasteiger partial charge in [0, 0.05) is 42.5 Å². The van der Waals surface area contributed by atoms with E-state index in [0.717, 1.165) is 34.8 Å². The van der Waals surface area contributed by atoms with Crippen molar-refractivity contribution in [3.63, 3.8) is 0 Å². The molecule has 0 aliphatic carbocycles. The number of Topliss-reactive ketones (excluding diaryl/α,β-unsaturated/α-hetero) is 1. The van der Waals surface area contributed by atoms with Gasteiger partial charge in [-0.05, 0) is 19.4 Å². The van der Waals surface area contributed by atoms with Crippen LogP contribution in [0.2, 0.25) is 0 Å². The third-order valence-corrected chi connectivity index (χ3v) is 8.87. The minimum absolute atomic E-state index is 0.0320. The summed E-state index contributed by atoms with van der Waals surface area (Å²) in [5, 5.41) is 8.40. The average molecular weight is 786 g/mol. The summed E-state index contributed by atoms with van der Waals surface area (Å²) in [4.78, 5) is 54.3. The molecule has 0 saturated heterocycles. The minimum atomic E-state index is -3.50. The summed E-state index contributed by atoms with van der Waals surface area (Å²) >= 11 is 0. The number of nitrogens with zero attached hydrogens (tertiary/aromatic N) is 8. The molecule has 0 aliphatic rings. The molecule has 0 atom stereocenters. The topological polar surface area (TPSA) is 304 Å². The lowest BCUT2D eigenvalue weighted by atomic mass is 10.1. The lowest BCUT2D eigenvalue weighted by Gasteiger charge is -2.07. The number of sulfone groups is 2. The molecule has 284 valence electrons. The fourth-order valence-electron chi connectivity index (χ4n) is 4.30. The number of carbonyl (C=O) groups excluding carboxylic acids is 1. The standard InChI is InChI=1S/C18H17N5O3S.C12H11N3O2.C5H7N3O2S/c1-11-3-5-13(6-4-11)14-10-20-17(19)16(23-14)15(24)7-12-8-21-18(22-9-12)27(2,25)26;1-7-2-4-8(5-3-7)9-6-14-11(13)10(15-9)12(16)17;1-11(9,10)5-7-2-4(6)3-8-5/h3-6,8-10H,7H2,1-2H3,(H2,19,20);2-6H,1H3,(H2,13,14)(H,16,17);2-3H,6H2,1H3. The maximum atomic E-state index is 12.6. The first-order valence-electron chi connectivity index (χ1n) is 15.8. The molecule has 0 fully saturated rings. The first-order valence-corrected chi connectivity index (χ1v) is 19.5. The predicted molar refractivity (Wildman–Crippen MR) is 203 cm³/mol. The predicted octanol–water partition coefficient (Wildman–Crippen LogP) is 2.85. The van der Waals surface area contributed by atoms with E-state index in [2.05, 4.69) is 39.9 Å². The zero-order chi connectivity index (χ0) is 40.5. The molecule has 0 amide bonds. The Labute approximate surface area is 315 Å². The second-order valence-electron chi connectivity index (χ2n) is 11.8. The van der Waals surface area contributed by atoms with E-state index >= 15 is 0 Å². The number of nitrogens with two attached hydrogens (primary N) is 3. The smallest absolute Gasteiger partial charge is 0.358 e. The molecule has 4 aromatic heterocycles. The molecule has 6 rings (SSSR count). The van der Waals surface area contributed by atoms with Crippen LogP contribution in [0.15, 0.2) is 96.0 Å². The average Bonchev–Trinajstić information content (AvgIpc) is 3.13. The number of hydrogen-bond donors (Lipinski definition) is 4. The van der Waals surface area contributed by atoms with Gasteiger partial charge in [0.15, 0.2) is 23.1 Å². The Morgan fingerprint density at radius 2 is 0.964 bits per heavy atom. The van der Waals surface area contributed by atoms with Gasteiger partial charge < -0.3 is 22.3 Å². The molecular weight excluding hydrogens is 751 g/mol. The van der Waals surface area contributed by atoms with Crippen molar-refractivity contribution >= 4 is 48.8 Å². The summed E-state index contributed by atoms with van der Waals surface area (Å²) in [5.74, 6) is -1.58. The molecule has 55 heavy (non-hydrogen) atoms. The Morgan fingerprint density at radius 3 is 1.36 bits per heavy atom. The third kappa shape index (κ3) is 11.6. The van der Waals surface area contributed by atoms with E-state index in [9.17, 15) is 26.4 Å². The zero-order valence-electron chi connectivity index (χ0n) is 29.8. The first kappa shape index (κ1) is 41.0. The molecule has 0 aliphatic heterocycles. The largest absolute Gasteiger partial charge is 0.476 e. The Morgan fingerprint density at radius 1 is 0.582 bits per heavy atom. The van der Waals surface area contributed by atoms with Crippen LogP contribution in [-0.4, -0.2) is 86.1 Å². The summed E-state index contributed by atoms with van der Waals surface area (Å²) in [5.41, 5.74) is 22.0. The highest BCUT2D eigenvalue weighted by atomic mass is 32.2. The van der Waals surface area contributed by atoms with Gasteiger partial charge in [0.2, 0.25) is 30.0 Å². The number of benzene rings is 2. The van der Waals surface area contributed by atoms with Crippen LogP contribution in [-0.2, 0) is 26.1 Å². The zero-order valence-corrected chi connectivity index (χ0v) is 31.4. The van der Waals surface area contributed by atoms with E-state index in [1.165, 1.54) is 37.2 Å². The number of aryl methyl sites for hydroxylation is 2. The van der Waals surface area contributed by atoms with Crippen molar-refractivity contribution in [1.29, 1.82) is 0 Å². The normalized spacial score (nSPS) is 11.0. The van der Waals surface area contributed by atoms with Crippen LogP contribution in [0.5, 0.6) is 0 Å². The molecule has 0 unspecified atom stereocenters. The van der Waals surface area contributed by atoms with Crippen LogP contribution in [0.25, 0.3) is 22.5 Å². The summed E-state index contributed by atoms with van der Waals surface area (Å²) in [6.45, 7) is 3.95. The molecule has 0 bridgehead atoms. The Balaban J connectivity index is 0.000000204. The summed E-state index contributed by atoms with van der Waals surface area (Å²) < 4.78 is 44.4. The van der Waals surface area contributed by atoms with Gasteiger partial charge in [-0.2, -0.15) is 0 Å². The number of nitrogen functional groups attached to an aromatic ring is 3. The number of carboxylic acids is 1. The Hall–Kier alpha value is -6.80. The summed E-state index contributed by atoms with van der Waals surface area (Å²) in [6.07, 6.45) is 10.1. The Bertz CT molecular complexity index is 2540. The first-order chi connectivity index (χ1) is 25.8. The van der Waals surface area contributed by atoms with Crippen molar-refractivity contribution < 1.29 is 31.5 Å². The van der Waals surface area contributed by atoms with Gasteiger partial charge in [-0.3, -0.25) is 4.79 Å². The maximum absolute atomic E-state index is 12.6. The van der Waals surface area contributed by atoms with Gasteiger partial charge in [-0.1, -0.05) is 59.7 Å². The van der Waals surface area contributed by atoms with Gasteiger partial charge in [0.1, 0.15) is 5.69 Å². The van der Waals surface area contributed by atoms with Crippen molar-refractivity contribution in [3.05, 3.63) is 114 Å².